The van der Waals surface area contributed by atoms with Gasteiger partial charge < -0.3 is 16.0 Å². The maximum Gasteiger partial charge on any atom is 0.240 e. The Kier molecular flexibility index (Phi) is 3.18. The van der Waals surface area contributed by atoms with Crippen molar-refractivity contribution in [2.75, 3.05) is 26.5 Å². The van der Waals surface area contributed by atoms with Crippen LogP contribution >= 0.6 is 0 Å². The van der Waals surface area contributed by atoms with Gasteiger partial charge in [-0.25, -0.2) is 13.1 Å². The summed E-state index contributed by atoms with van der Waals surface area (Å²) in [4.78, 5) is 2.15. The zero-order valence-electron chi connectivity index (χ0n) is 10.3. The van der Waals surface area contributed by atoms with E-state index in [4.69, 9.17) is 5.73 Å². The van der Waals surface area contributed by atoms with E-state index in [9.17, 15) is 8.42 Å². The van der Waals surface area contributed by atoms with Gasteiger partial charge >= 0.3 is 0 Å². The molecule has 2 rings (SSSR count). The first kappa shape index (κ1) is 12.7. The van der Waals surface area contributed by atoms with Gasteiger partial charge in [-0.1, -0.05) is 0 Å². The Morgan fingerprint density at radius 1 is 1.44 bits per heavy atom. The SMILES string of the molecule is CNS(=O)(=O)c1ccc(N)c(C2=CN(C)CN2)c1. The van der Waals surface area contributed by atoms with Crippen LogP contribution in [0.1, 0.15) is 5.56 Å². The summed E-state index contributed by atoms with van der Waals surface area (Å²) in [6.07, 6.45) is 1.89. The van der Waals surface area contributed by atoms with Crippen LogP contribution in [0.3, 0.4) is 0 Å². The van der Waals surface area contributed by atoms with Gasteiger partial charge in [0, 0.05) is 24.5 Å². The van der Waals surface area contributed by atoms with Crippen molar-refractivity contribution in [1.82, 2.24) is 14.9 Å². The zero-order valence-corrected chi connectivity index (χ0v) is 11.1. The lowest BCUT2D eigenvalue weighted by Crippen LogP contribution is -2.19. The average Bonchev–Trinajstić information content (AvgIpc) is 2.76. The van der Waals surface area contributed by atoms with E-state index in [1.54, 1.807) is 12.1 Å². The van der Waals surface area contributed by atoms with Gasteiger partial charge in [0.2, 0.25) is 10.0 Å². The third-order valence-electron chi connectivity index (χ3n) is 2.76. The highest BCUT2D eigenvalue weighted by Gasteiger charge is 2.17. The summed E-state index contributed by atoms with van der Waals surface area (Å²) in [5, 5.41) is 3.15. The molecule has 0 spiro atoms. The fourth-order valence-corrected chi connectivity index (χ4v) is 2.50. The quantitative estimate of drug-likeness (QED) is 0.670. The van der Waals surface area contributed by atoms with E-state index in [-0.39, 0.29) is 4.90 Å². The Labute approximate surface area is 107 Å². The van der Waals surface area contributed by atoms with Crippen LogP contribution in [0.5, 0.6) is 0 Å². The lowest BCUT2D eigenvalue weighted by Gasteiger charge is -2.10. The van der Waals surface area contributed by atoms with E-state index in [2.05, 4.69) is 10.0 Å². The first-order chi connectivity index (χ1) is 8.44. The smallest absolute Gasteiger partial charge is 0.240 e. The molecule has 0 fully saturated rings. The number of benzene rings is 1. The molecule has 0 aliphatic carbocycles. The van der Waals surface area contributed by atoms with Crippen molar-refractivity contribution >= 4 is 21.4 Å². The number of hydrogen-bond donors (Lipinski definition) is 3. The third kappa shape index (κ3) is 2.27. The third-order valence-corrected chi connectivity index (χ3v) is 4.17. The molecule has 1 aliphatic rings. The van der Waals surface area contributed by atoms with E-state index in [1.165, 1.54) is 13.1 Å². The standard InChI is InChI=1S/C11H16N4O2S/c1-13-18(16,17)8-3-4-10(12)9(5-8)11-6-15(2)7-14-11/h3-6,13-14H,7,12H2,1-2H3. The average molecular weight is 268 g/mol. The molecule has 0 atom stereocenters. The van der Waals surface area contributed by atoms with Crippen molar-refractivity contribution in [3.63, 3.8) is 0 Å². The molecule has 0 saturated heterocycles. The van der Waals surface area contributed by atoms with Crippen LogP contribution in [-0.2, 0) is 10.0 Å². The van der Waals surface area contributed by atoms with Gasteiger partial charge in [-0.2, -0.15) is 0 Å². The fourth-order valence-electron chi connectivity index (χ4n) is 1.74. The molecule has 1 aromatic rings. The largest absolute Gasteiger partial charge is 0.398 e. The molecular formula is C11H16N4O2S. The highest BCUT2D eigenvalue weighted by atomic mass is 32.2. The van der Waals surface area contributed by atoms with Crippen LogP contribution in [0.2, 0.25) is 0 Å². The number of nitrogen functional groups attached to an aromatic ring is 1. The van der Waals surface area contributed by atoms with E-state index >= 15 is 0 Å². The summed E-state index contributed by atoms with van der Waals surface area (Å²) >= 11 is 0. The molecule has 0 radical (unpaired) electrons. The Hall–Kier alpha value is -1.73. The van der Waals surface area contributed by atoms with Crippen LogP contribution in [0.25, 0.3) is 5.70 Å². The molecule has 0 unspecified atom stereocenters. The van der Waals surface area contributed by atoms with Crippen molar-refractivity contribution < 1.29 is 8.42 Å². The minimum absolute atomic E-state index is 0.200. The Bertz CT molecular complexity index is 595. The predicted octanol–water partition coefficient (Wildman–Crippen LogP) is -0.0322. The monoisotopic (exact) mass is 268 g/mol. The van der Waals surface area contributed by atoms with Crippen molar-refractivity contribution in [2.24, 2.45) is 0 Å². The predicted molar refractivity (Wildman–Crippen MR) is 70.8 cm³/mol. The second kappa shape index (κ2) is 4.51. The molecule has 1 heterocycles. The summed E-state index contributed by atoms with van der Waals surface area (Å²) in [5.41, 5.74) is 7.94. The highest BCUT2D eigenvalue weighted by molar-refractivity contribution is 7.89. The molecule has 7 heteroatoms. The number of rotatable bonds is 3. The van der Waals surface area contributed by atoms with Gasteiger partial charge in [-0.3, -0.25) is 0 Å². The molecule has 6 nitrogen and oxygen atoms in total. The molecule has 0 saturated carbocycles. The molecule has 0 bridgehead atoms. The van der Waals surface area contributed by atoms with Crippen LogP contribution in [0.15, 0.2) is 29.3 Å². The first-order valence-electron chi connectivity index (χ1n) is 5.43. The summed E-state index contributed by atoms with van der Waals surface area (Å²) in [6, 6.07) is 4.66. The molecular weight excluding hydrogens is 252 g/mol. The molecule has 98 valence electrons. The number of hydrogen-bond acceptors (Lipinski definition) is 5. The molecule has 1 aromatic carbocycles. The first-order valence-corrected chi connectivity index (χ1v) is 6.92. The summed E-state index contributed by atoms with van der Waals surface area (Å²) in [6.45, 7) is 0.678. The number of nitrogens with zero attached hydrogens (tertiary/aromatic N) is 1. The van der Waals surface area contributed by atoms with Crippen LogP contribution < -0.4 is 15.8 Å². The fraction of sp³-hybridized carbons (Fsp3) is 0.273. The minimum atomic E-state index is -3.45. The molecule has 0 amide bonds. The maximum atomic E-state index is 11.7. The Morgan fingerprint density at radius 2 is 2.17 bits per heavy atom. The summed E-state index contributed by atoms with van der Waals surface area (Å²) in [5.74, 6) is 0. The number of nitrogens with one attached hydrogen (secondary N) is 2. The van der Waals surface area contributed by atoms with E-state index in [0.717, 1.165) is 5.70 Å². The number of sulfonamides is 1. The van der Waals surface area contributed by atoms with Crippen molar-refractivity contribution in [2.45, 2.75) is 4.90 Å². The van der Waals surface area contributed by atoms with Crippen LogP contribution in [0, 0.1) is 0 Å². The van der Waals surface area contributed by atoms with E-state index in [0.29, 0.717) is 17.9 Å². The van der Waals surface area contributed by atoms with Gasteiger partial charge in [0.15, 0.2) is 0 Å². The molecule has 4 N–H and O–H groups in total. The van der Waals surface area contributed by atoms with Gasteiger partial charge in [0.25, 0.3) is 0 Å². The van der Waals surface area contributed by atoms with E-state index in [1.807, 2.05) is 18.1 Å². The molecule has 1 aliphatic heterocycles. The second-order valence-corrected chi connectivity index (χ2v) is 5.98. The Balaban J connectivity index is 2.49. The highest BCUT2D eigenvalue weighted by Crippen LogP contribution is 2.25. The number of anilines is 1. The lowest BCUT2D eigenvalue weighted by atomic mass is 10.1. The van der Waals surface area contributed by atoms with Crippen molar-refractivity contribution in [3.8, 4) is 0 Å². The topological polar surface area (TPSA) is 87.5 Å². The Morgan fingerprint density at radius 3 is 2.72 bits per heavy atom. The molecule has 18 heavy (non-hydrogen) atoms. The lowest BCUT2D eigenvalue weighted by molar-refractivity contribution is 0.475. The molecule has 0 aromatic heterocycles. The number of nitrogens with two attached hydrogens (primary N) is 1. The zero-order chi connectivity index (χ0) is 13.3. The van der Waals surface area contributed by atoms with Gasteiger partial charge in [0.05, 0.1) is 17.3 Å². The minimum Gasteiger partial charge on any atom is -0.398 e. The van der Waals surface area contributed by atoms with Crippen LogP contribution in [0.4, 0.5) is 5.69 Å². The van der Waals surface area contributed by atoms with Gasteiger partial charge in [-0.15, -0.1) is 0 Å². The van der Waals surface area contributed by atoms with Crippen LogP contribution in [-0.4, -0.2) is 34.1 Å². The summed E-state index contributed by atoms with van der Waals surface area (Å²) < 4.78 is 25.8. The normalized spacial score (nSPS) is 15.4. The second-order valence-electron chi connectivity index (χ2n) is 4.09. The van der Waals surface area contributed by atoms with Crippen molar-refractivity contribution in [3.05, 3.63) is 30.0 Å². The maximum absolute atomic E-state index is 11.7. The van der Waals surface area contributed by atoms with Crippen molar-refractivity contribution in [1.29, 1.82) is 0 Å². The van der Waals surface area contributed by atoms with Gasteiger partial charge in [-0.05, 0) is 25.2 Å². The summed E-state index contributed by atoms with van der Waals surface area (Å²) in [7, 11) is -0.152. The van der Waals surface area contributed by atoms with E-state index < -0.39 is 10.0 Å². The van der Waals surface area contributed by atoms with Gasteiger partial charge in [0.1, 0.15) is 0 Å².